The molecule has 0 saturated heterocycles. The minimum atomic E-state index is -3.56. The van der Waals surface area contributed by atoms with Crippen molar-refractivity contribution in [1.82, 2.24) is 4.72 Å². The third kappa shape index (κ3) is 4.06. The molecule has 0 aliphatic carbocycles. The van der Waals surface area contributed by atoms with E-state index in [1.807, 2.05) is 75.4 Å². The highest BCUT2D eigenvalue weighted by atomic mass is 32.2. The number of ether oxygens (including phenoxy) is 1. The van der Waals surface area contributed by atoms with Crippen LogP contribution in [0.3, 0.4) is 0 Å². The molecule has 0 heterocycles. The molecule has 0 spiro atoms. The van der Waals surface area contributed by atoms with Crippen LogP contribution in [0, 0.1) is 20.8 Å². The number of rotatable bonds is 6. The summed E-state index contributed by atoms with van der Waals surface area (Å²) in [6.45, 7) is 6.07. The average molecular weight is 369 g/mol. The third-order valence-corrected chi connectivity index (χ3v) is 6.02. The SMILES string of the molecule is Cc1cc(C)c(S(=O)(=O)NCCOc2ccc3ccccc3c2)c(C)c1. The van der Waals surface area contributed by atoms with Crippen LogP contribution in [0.5, 0.6) is 5.75 Å². The standard InChI is InChI=1S/C21H23NO3S/c1-15-12-16(2)21(17(3)13-15)26(23,24)22-10-11-25-20-9-8-18-6-4-5-7-19(18)14-20/h4-9,12-14,22H,10-11H2,1-3H3. The Labute approximate surface area is 154 Å². The van der Waals surface area contributed by atoms with Crippen molar-refractivity contribution >= 4 is 20.8 Å². The molecule has 3 aromatic rings. The Hall–Kier alpha value is -2.37. The second kappa shape index (κ2) is 7.48. The van der Waals surface area contributed by atoms with Crippen molar-refractivity contribution in [2.75, 3.05) is 13.2 Å². The Morgan fingerprint density at radius 3 is 2.23 bits per heavy atom. The largest absolute Gasteiger partial charge is 0.492 e. The molecule has 4 nitrogen and oxygen atoms in total. The van der Waals surface area contributed by atoms with Gasteiger partial charge in [0.15, 0.2) is 0 Å². The van der Waals surface area contributed by atoms with E-state index in [2.05, 4.69) is 4.72 Å². The van der Waals surface area contributed by atoms with Crippen LogP contribution in [0.25, 0.3) is 10.8 Å². The molecule has 0 unspecified atom stereocenters. The number of hydrogen-bond donors (Lipinski definition) is 1. The van der Waals surface area contributed by atoms with Crippen molar-refractivity contribution in [1.29, 1.82) is 0 Å². The van der Waals surface area contributed by atoms with E-state index in [9.17, 15) is 8.42 Å². The summed E-state index contributed by atoms with van der Waals surface area (Å²) in [6, 6.07) is 17.6. The maximum absolute atomic E-state index is 12.6. The average Bonchev–Trinajstić information content (AvgIpc) is 2.57. The van der Waals surface area contributed by atoms with Gasteiger partial charge in [0.25, 0.3) is 0 Å². The van der Waals surface area contributed by atoms with Crippen molar-refractivity contribution < 1.29 is 13.2 Å². The van der Waals surface area contributed by atoms with Gasteiger partial charge in [0.05, 0.1) is 4.90 Å². The Morgan fingerprint density at radius 1 is 0.885 bits per heavy atom. The van der Waals surface area contributed by atoms with Gasteiger partial charge in [-0.05, 0) is 54.8 Å². The first-order chi connectivity index (χ1) is 12.4. The van der Waals surface area contributed by atoms with Gasteiger partial charge in [-0.3, -0.25) is 0 Å². The summed E-state index contributed by atoms with van der Waals surface area (Å²) in [4.78, 5) is 0.355. The lowest BCUT2D eigenvalue weighted by Crippen LogP contribution is -2.29. The molecule has 0 aliphatic rings. The molecule has 5 heteroatoms. The van der Waals surface area contributed by atoms with E-state index in [4.69, 9.17) is 4.74 Å². The molecule has 0 aliphatic heterocycles. The highest BCUT2D eigenvalue weighted by Crippen LogP contribution is 2.22. The molecule has 0 saturated carbocycles. The lowest BCUT2D eigenvalue weighted by atomic mass is 10.1. The summed E-state index contributed by atoms with van der Waals surface area (Å²) in [6.07, 6.45) is 0. The minimum Gasteiger partial charge on any atom is -0.492 e. The molecule has 0 bridgehead atoms. The van der Waals surface area contributed by atoms with E-state index in [1.54, 1.807) is 0 Å². The second-order valence-corrected chi connectivity index (χ2v) is 8.19. The fraction of sp³-hybridized carbons (Fsp3) is 0.238. The number of sulfonamides is 1. The van der Waals surface area contributed by atoms with Crippen LogP contribution >= 0.6 is 0 Å². The number of fused-ring (bicyclic) bond motifs is 1. The van der Waals surface area contributed by atoms with Gasteiger partial charge < -0.3 is 4.74 Å². The molecule has 26 heavy (non-hydrogen) atoms. The highest BCUT2D eigenvalue weighted by molar-refractivity contribution is 7.89. The van der Waals surface area contributed by atoms with Crippen LogP contribution in [0.15, 0.2) is 59.5 Å². The molecule has 0 amide bonds. The van der Waals surface area contributed by atoms with Gasteiger partial charge in [0, 0.05) is 6.54 Å². The van der Waals surface area contributed by atoms with E-state index in [0.717, 1.165) is 33.2 Å². The Balaban J connectivity index is 1.63. The molecule has 1 N–H and O–H groups in total. The number of nitrogens with one attached hydrogen (secondary N) is 1. The van der Waals surface area contributed by atoms with Gasteiger partial charge in [-0.15, -0.1) is 0 Å². The van der Waals surface area contributed by atoms with Crippen LogP contribution in [0.1, 0.15) is 16.7 Å². The predicted octanol–water partition coefficient (Wildman–Crippen LogP) is 4.12. The highest BCUT2D eigenvalue weighted by Gasteiger charge is 2.19. The van der Waals surface area contributed by atoms with Crippen LogP contribution in [0.2, 0.25) is 0 Å². The Bertz CT molecular complexity index is 1020. The monoisotopic (exact) mass is 369 g/mol. The summed E-state index contributed by atoms with van der Waals surface area (Å²) in [5.74, 6) is 0.727. The second-order valence-electron chi connectivity index (χ2n) is 6.48. The Kier molecular flexibility index (Phi) is 5.30. The van der Waals surface area contributed by atoms with Crippen LogP contribution < -0.4 is 9.46 Å². The summed E-state index contributed by atoms with van der Waals surface area (Å²) in [5, 5.41) is 2.24. The van der Waals surface area contributed by atoms with E-state index in [-0.39, 0.29) is 13.2 Å². The summed E-state index contributed by atoms with van der Waals surface area (Å²) >= 11 is 0. The first kappa shape index (κ1) is 18.4. The Morgan fingerprint density at radius 2 is 1.54 bits per heavy atom. The van der Waals surface area contributed by atoms with Crippen LogP contribution in [0.4, 0.5) is 0 Å². The molecular weight excluding hydrogens is 346 g/mol. The van der Waals surface area contributed by atoms with Crippen molar-refractivity contribution in [2.24, 2.45) is 0 Å². The predicted molar refractivity (Wildman–Crippen MR) is 105 cm³/mol. The molecular formula is C21H23NO3S. The van der Waals surface area contributed by atoms with Gasteiger partial charge in [-0.2, -0.15) is 0 Å². The zero-order valence-electron chi connectivity index (χ0n) is 15.2. The van der Waals surface area contributed by atoms with E-state index in [0.29, 0.717) is 4.90 Å². The van der Waals surface area contributed by atoms with Crippen molar-refractivity contribution in [2.45, 2.75) is 25.7 Å². The minimum absolute atomic E-state index is 0.210. The molecule has 3 rings (SSSR count). The lowest BCUT2D eigenvalue weighted by Gasteiger charge is -2.13. The zero-order valence-corrected chi connectivity index (χ0v) is 16.1. The van der Waals surface area contributed by atoms with Gasteiger partial charge >= 0.3 is 0 Å². The molecule has 0 fully saturated rings. The molecule has 136 valence electrons. The number of aryl methyl sites for hydroxylation is 3. The topological polar surface area (TPSA) is 55.4 Å². The molecule has 3 aromatic carbocycles. The maximum Gasteiger partial charge on any atom is 0.241 e. The quantitative estimate of drug-likeness (QED) is 0.665. The van der Waals surface area contributed by atoms with Crippen LogP contribution in [-0.2, 0) is 10.0 Å². The molecule has 0 aromatic heterocycles. The van der Waals surface area contributed by atoms with Crippen LogP contribution in [-0.4, -0.2) is 21.6 Å². The smallest absolute Gasteiger partial charge is 0.241 e. The molecule has 0 radical (unpaired) electrons. The van der Waals surface area contributed by atoms with Gasteiger partial charge in [-0.1, -0.05) is 48.0 Å². The lowest BCUT2D eigenvalue weighted by molar-refractivity contribution is 0.323. The van der Waals surface area contributed by atoms with E-state index in [1.165, 1.54) is 0 Å². The number of benzene rings is 3. The summed E-state index contributed by atoms with van der Waals surface area (Å²) in [7, 11) is -3.56. The first-order valence-electron chi connectivity index (χ1n) is 8.56. The van der Waals surface area contributed by atoms with Crippen molar-refractivity contribution in [3.63, 3.8) is 0 Å². The maximum atomic E-state index is 12.6. The third-order valence-electron chi connectivity index (χ3n) is 4.26. The molecule has 0 atom stereocenters. The van der Waals surface area contributed by atoms with Gasteiger partial charge in [-0.25, -0.2) is 13.1 Å². The van der Waals surface area contributed by atoms with Crippen molar-refractivity contribution in [3.05, 3.63) is 71.3 Å². The summed E-state index contributed by atoms with van der Waals surface area (Å²) < 4.78 is 33.5. The number of hydrogen-bond acceptors (Lipinski definition) is 3. The van der Waals surface area contributed by atoms with E-state index >= 15 is 0 Å². The van der Waals surface area contributed by atoms with E-state index < -0.39 is 10.0 Å². The zero-order chi connectivity index (χ0) is 18.7. The first-order valence-corrected chi connectivity index (χ1v) is 10.0. The van der Waals surface area contributed by atoms with Gasteiger partial charge in [0.1, 0.15) is 12.4 Å². The van der Waals surface area contributed by atoms with Crippen molar-refractivity contribution in [3.8, 4) is 5.75 Å². The summed E-state index contributed by atoms with van der Waals surface area (Å²) in [5.41, 5.74) is 2.56. The fourth-order valence-corrected chi connectivity index (χ4v) is 4.73. The normalized spacial score (nSPS) is 11.7. The van der Waals surface area contributed by atoms with Gasteiger partial charge in [0.2, 0.25) is 10.0 Å². The fourth-order valence-electron chi connectivity index (χ4n) is 3.26.